The number of hydrogen-bond acceptors (Lipinski definition) is 3. The molecule has 0 spiro atoms. The van der Waals surface area contributed by atoms with Crippen LogP contribution in [0, 0.1) is 5.41 Å². The first-order chi connectivity index (χ1) is 8.22. The number of nitrogen functional groups attached to an aromatic ring is 1. The zero-order valence-electron chi connectivity index (χ0n) is 10.3. The molecule has 1 atom stereocenters. The number of piperidine rings is 1. The Morgan fingerprint density at radius 1 is 1.53 bits per heavy atom. The van der Waals surface area contributed by atoms with Crippen molar-refractivity contribution in [3.8, 4) is 0 Å². The minimum Gasteiger partial charge on any atom is -0.384 e. The van der Waals surface area contributed by atoms with E-state index in [0.29, 0.717) is 11.6 Å². The average Bonchev–Trinajstić information content (AvgIpc) is 2.39. The summed E-state index contributed by atoms with van der Waals surface area (Å²) in [5.74, 6) is 1.09. The fraction of sp³-hybridized carbons (Fsp3) is 0.538. The lowest BCUT2D eigenvalue weighted by molar-refractivity contribution is 0.447. The number of anilines is 1. The van der Waals surface area contributed by atoms with Crippen molar-refractivity contribution in [1.82, 2.24) is 4.98 Å². The van der Waals surface area contributed by atoms with Crippen LogP contribution in [0.15, 0.2) is 18.3 Å². The van der Waals surface area contributed by atoms with Crippen LogP contribution < -0.4 is 10.6 Å². The third-order valence-electron chi connectivity index (χ3n) is 3.45. The lowest BCUT2D eigenvalue weighted by Crippen LogP contribution is -2.39. The van der Waals surface area contributed by atoms with E-state index >= 15 is 0 Å². The van der Waals surface area contributed by atoms with E-state index in [1.54, 1.807) is 6.20 Å². The maximum atomic E-state index is 7.35. The highest BCUT2D eigenvalue weighted by atomic mass is 15.2. The summed E-state index contributed by atoms with van der Waals surface area (Å²) in [6.45, 7) is 3.32. The Morgan fingerprint density at radius 3 is 2.94 bits per heavy atom. The third kappa shape index (κ3) is 2.57. The van der Waals surface area contributed by atoms with Crippen LogP contribution in [0.2, 0.25) is 0 Å². The summed E-state index contributed by atoms with van der Waals surface area (Å²) >= 11 is 0. The topological polar surface area (TPSA) is 66.0 Å². The normalized spacial score (nSPS) is 20.3. The molecule has 2 rings (SSSR count). The summed E-state index contributed by atoms with van der Waals surface area (Å²) in [5.41, 5.74) is 6.12. The molecule has 1 fully saturated rings. The molecule has 2 heterocycles. The van der Waals surface area contributed by atoms with E-state index in [1.807, 2.05) is 12.1 Å². The molecule has 1 aliphatic rings. The number of nitrogens with one attached hydrogen (secondary N) is 1. The Balaban J connectivity index is 2.17. The summed E-state index contributed by atoms with van der Waals surface area (Å²) in [4.78, 5) is 6.81. The lowest BCUT2D eigenvalue weighted by atomic mass is 10.00. The van der Waals surface area contributed by atoms with Gasteiger partial charge in [0.1, 0.15) is 11.7 Å². The van der Waals surface area contributed by atoms with Crippen LogP contribution in [0.4, 0.5) is 5.82 Å². The Bertz CT molecular complexity index is 385. The number of pyridine rings is 1. The molecule has 0 aromatic carbocycles. The first-order valence-electron chi connectivity index (χ1n) is 6.29. The van der Waals surface area contributed by atoms with Crippen molar-refractivity contribution >= 4 is 11.7 Å². The predicted molar refractivity (Wildman–Crippen MR) is 70.5 cm³/mol. The SMILES string of the molecule is CCC1CCCCN1c1ccc(C(=N)N)cn1. The summed E-state index contributed by atoms with van der Waals surface area (Å²) in [5, 5.41) is 7.35. The third-order valence-corrected chi connectivity index (χ3v) is 3.45. The van der Waals surface area contributed by atoms with Crippen molar-refractivity contribution in [2.24, 2.45) is 5.73 Å². The number of nitrogens with two attached hydrogens (primary N) is 1. The molecule has 17 heavy (non-hydrogen) atoms. The molecular formula is C13H20N4. The highest BCUT2D eigenvalue weighted by Crippen LogP contribution is 2.24. The van der Waals surface area contributed by atoms with E-state index in [-0.39, 0.29) is 5.84 Å². The van der Waals surface area contributed by atoms with E-state index in [0.717, 1.165) is 18.8 Å². The number of aromatic nitrogens is 1. The standard InChI is InChI=1S/C13H20N4/c1-2-11-5-3-4-8-17(11)12-7-6-10(9-16-12)13(14)15/h6-7,9,11H,2-5,8H2,1H3,(H3,14,15). The highest BCUT2D eigenvalue weighted by Gasteiger charge is 2.21. The smallest absolute Gasteiger partial charge is 0.128 e. The number of amidine groups is 1. The molecule has 1 unspecified atom stereocenters. The number of rotatable bonds is 3. The molecular weight excluding hydrogens is 212 g/mol. The molecule has 3 N–H and O–H groups in total. The monoisotopic (exact) mass is 232 g/mol. The second-order valence-electron chi connectivity index (χ2n) is 4.57. The van der Waals surface area contributed by atoms with Gasteiger partial charge < -0.3 is 10.6 Å². The molecule has 1 saturated heterocycles. The second kappa shape index (κ2) is 5.17. The van der Waals surface area contributed by atoms with Crippen molar-refractivity contribution in [3.63, 3.8) is 0 Å². The molecule has 1 aliphatic heterocycles. The van der Waals surface area contributed by atoms with Crippen molar-refractivity contribution in [2.75, 3.05) is 11.4 Å². The largest absolute Gasteiger partial charge is 0.384 e. The molecule has 0 bridgehead atoms. The van der Waals surface area contributed by atoms with Crippen LogP contribution >= 0.6 is 0 Å². The Labute approximate surface area is 102 Å². The van der Waals surface area contributed by atoms with Crippen LogP contribution in [-0.2, 0) is 0 Å². The van der Waals surface area contributed by atoms with E-state index in [9.17, 15) is 0 Å². The second-order valence-corrected chi connectivity index (χ2v) is 4.57. The van der Waals surface area contributed by atoms with Gasteiger partial charge >= 0.3 is 0 Å². The Hall–Kier alpha value is -1.58. The van der Waals surface area contributed by atoms with Gasteiger partial charge in [-0.25, -0.2) is 4.98 Å². The van der Waals surface area contributed by atoms with Gasteiger partial charge in [-0.3, -0.25) is 5.41 Å². The highest BCUT2D eigenvalue weighted by molar-refractivity contribution is 5.94. The van der Waals surface area contributed by atoms with E-state index in [1.165, 1.54) is 19.3 Å². The minimum atomic E-state index is 0.0785. The van der Waals surface area contributed by atoms with Gasteiger partial charge in [0.2, 0.25) is 0 Å². The molecule has 0 radical (unpaired) electrons. The Morgan fingerprint density at radius 2 is 2.35 bits per heavy atom. The van der Waals surface area contributed by atoms with Gasteiger partial charge in [-0.1, -0.05) is 6.92 Å². The van der Waals surface area contributed by atoms with Crippen molar-refractivity contribution in [3.05, 3.63) is 23.9 Å². The van der Waals surface area contributed by atoms with Crippen molar-refractivity contribution in [2.45, 2.75) is 38.6 Å². The molecule has 0 amide bonds. The van der Waals surface area contributed by atoms with Crippen molar-refractivity contribution < 1.29 is 0 Å². The molecule has 92 valence electrons. The summed E-state index contributed by atoms with van der Waals surface area (Å²) in [6, 6.07) is 4.47. The van der Waals surface area contributed by atoms with Crippen LogP contribution in [0.1, 0.15) is 38.2 Å². The molecule has 4 heteroatoms. The van der Waals surface area contributed by atoms with Gasteiger partial charge in [0, 0.05) is 24.3 Å². The minimum absolute atomic E-state index is 0.0785. The van der Waals surface area contributed by atoms with E-state index in [2.05, 4.69) is 16.8 Å². The van der Waals surface area contributed by atoms with Gasteiger partial charge in [0.15, 0.2) is 0 Å². The van der Waals surface area contributed by atoms with Crippen molar-refractivity contribution in [1.29, 1.82) is 5.41 Å². The van der Waals surface area contributed by atoms with Gasteiger partial charge in [-0.2, -0.15) is 0 Å². The molecule has 1 aromatic rings. The first kappa shape index (κ1) is 11.9. The summed E-state index contributed by atoms with van der Waals surface area (Å²) < 4.78 is 0. The molecule has 4 nitrogen and oxygen atoms in total. The van der Waals surface area contributed by atoms with E-state index < -0.39 is 0 Å². The molecule has 0 saturated carbocycles. The zero-order valence-corrected chi connectivity index (χ0v) is 10.3. The van der Waals surface area contributed by atoms with Gasteiger partial charge in [-0.05, 0) is 37.8 Å². The van der Waals surface area contributed by atoms with Crippen LogP contribution in [-0.4, -0.2) is 23.4 Å². The number of hydrogen-bond donors (Lipinski definition) is 2. The maximum absolute atomic E-state index is 7.35. The summed E-state index contributed by atoms with van der Waals surface area (Å²) in [6.07, 6.45) is 6.68. The van der Waals surface area contributed by atoms with Crippen LogP contribution in [0.3, 0.4) is 0 Å². The quantitative estimate of drug-likeness (QED) is 0.620. The van der Waals surface area contributed by atoms with Gasteiger partial charge in [-0.15, -0.1) is 0 Å². The average molecular weight is 232 g/mol. The fourth-order valence-corrected chi connectivity index (χ4v) is 2.44. The van der Waals surface area contributed by atoms with Gasteiger partial charge in [0.05, 0.1) is 0 Å². The zero-order chi connectivity index (χ0) is 12.3. The number of nitrogens with zero attached hydrogens (tertiary/aromatic N) is 2. The maximum Gasteiger partial charge on any atom is 0.128 e. The van der Waals surface area contributed by atoms with Crippen LogP contribution in [0.5, 0.6) is 0 Å². The van der Waals surface area contributed by atoms with Gasteiger partial charge in [0.25, 0.3) is 0 Å². The summed E-state index contributed by atoms with van der Waals surface area (Å²) in [7, 11) is 0. The lowest BCUT2D eigenvalue weighted by Gasteiger charge is -2.36. The van der Waals surface area contributed by atoms with Crippen LogP contribution in [0.25, 0.3) is 0 Å². The Kier molecular flexibility index (Phi) is 3.61. The molecule has 0 aliphatic carbocycles. The molecule has 1 aromatic heterocycles. The van der Waals surface area contributed by atoms with E-state index in [4.69, 9.17) is 11.1 Å². The first-order valence-corrected chi connectivity index (χ1v) is 6.29. The fourth-order valence-electron chi connectivity index (χ4n) is 2.44. The predicted octanol–water partition coefficient (Wildman–Crippen LogP) is 2.13.